The zero-order chi connectivity index (χ0) is 12.1. The highest BCUT2D eigenvalue weighted by atomic mass is 32.2. The number of amides is 1. The minimum Gasteiger partial charge on any atom is -0.339 e. The van der Waals surface area contributed by atoms with E-state index in [9.17, 15) is 4.79 Å². The number of hydrogen-bond acceptors (Lipinski definition) is 4. The van der Waals surface area contributed by atoms with Crippen LogP contribution in [0.1, 0.15) is 0 Å². The topological polar surface area (TPSA) is 36.4 Å². The fourth-order valence-electron chi connectivity index (χ4n) is 1.73. The van der Waals surface area contributed by atoms with Crippen LogP contribution in [0.2, 0.25) is 0 Å². The molecule has 17 heavy (non-hydrogen) atoms. The van der Waals surface area contributed by atoms with Gasteiger partial charge in [0.1, 0.15) is 0 Å². The molecular formula is C12H17N3OS. The number of carbonyl (C=O) groups is 1. The van der Waals surface area contributed by atoms with Crippen LogP contribution in [0.3, 0.4) is 0 Å². The van der Waals surface area contributed by atoms with Gasteiger partial charge in [0, 0.05) is 43.5 Å². The molecule has 2 heterocycles. The first-order valence-electron chi connectivity index (χ1n) is 5.75. The molecule has 0 bridgehead atoms. The Labute approximate surface area is 106 Å². The lowest BCUT2D eigenvalue weighted by Crippen LogP contribution is -2.47. The summed E-state index contributed by atoms with van der Waals surface area (Å²) < 4.78 is 0. The number of rotatable bonds is 3. The lowest BCUT2D eigenvalue weighted by atomic mass is 10.3. The van der Waals surface area contributed by atoms with E-state index in [1.165, 1.54) is 0 Å². The van der Waals surface area contributed by atoms with Crippen LogP contribution >= 0.6 is 11.8 Å². The standard InChI is InChI=1S/C12H17N3OS/c1-14-6-8-15(9-7-14)12(16)10-17-11-2-4-13-5-3-11/h2-5H,6-10H2,1H3. The third-order valence-electron chi connectivity index (χ3n) is 2.87. The van der Waals surface area contributed by atoms with Gasteiger partial charge in [-0.05, 0) is 19.2 Å². The van der Waals surface area contributed by atoms with Crippen LogP contribution in [0.25, 0.3) is 0 Å². The number of aromatic nitrogens is 1. The Balaban J connectivity index is 1.78. The molecule has 0 aromatic carbocycles. The van der Waals surface area contributed by atoms with Crippen molar-refractivity contribution in [2.24, 2.45) is 0 Å². The summed E-state index contributed by atoms with van der Waals surface area (Å²) in [4.78, 5) is 21.2. The van der Waals surface area contributed by atoms with E-state index >= 15 is 0 Å². The SMILES string of the molecule is CN1CCN(C(=O)CSc2ccncc2)CC1. The maximum Gasteiger partial charge on any atom is 0.233 e. The van der Waals surface area contributed by atoms with E-state index in [1.807, 2.05) is 17.0 Å². The monoisotopic (exact) mass is 251 g/mol. The number of carbonyl (C=O) groups excluding carboxylic acids is 1. The number of piperazine rings is 1. The molecule has 92 valence electrons. The molecule has 0 atom stereocenters. The van der Waals surface area contributed by atoms with Gasteiger partial charge in [-0.25, -0.2) is 0 Å². The Morgan fingerprint density at radius 2 is 1.94 bits per heavy atom. The maximum absolute atomic E-state index is 11.9. The minimum atomic E-state index is 0.236. The van der Waals surface area contributed by atoms with Crippen molar-refractivity contribution in [1.29, 1.82) is 0 Å². The highest BCUT2D eigenvalue weighted by Gasteiger charge is 2.18. The summed E-state index contributed by atoms with van der Waals surface area (Å²) in [6, 6.07) is 3.86. The van der Waals surface area contributed by atoms with Crippen LogP contribution in [0, 0.1) is 0 Å². The zero-order valence-electron chi connectivity index (χ0n) is 10.0. The molecule has 0 N–H and O–H groups in total. The van der Waals surface area contributed by atoms with Crippen molar-refractivity contribution in [2.45, 2.75) is 4.90 Å². The summed E-state index contributed by atoms with van der Waals surface area (Å²) in [5.74, 6) is 0.758. The van der Waals surface area contributed by atoms with Gasteiger partial charge >= 0.3 is 0 Å². The first-order valence-corrected chi connectivity index (χ1v) is 6.73. The zero-order valence-corrected chi connectivity index (χ0v) is 10.8. The largest absolute Gasteiger partial charge is 0.339 e. The third kappa shape index (κ3) is 3.71. The van der Waals surface area contributed by atoms with Crippen LogP contribution in [0.5, 0.6) is 0 Å². The second-order valence-electron chi connectivity index (χ2n) is 4.16. The van der Waals surface area contributed by atoms with Gasteiger partial charge < -0.3 is 9.80 Å². The summed E-state index contributed by atoms with van der Waals surface area (Å²) in [5, 5.41) is 0. The highest BCUT2D eigenvalue weighted by molar-refractivity contribution is 8.00. The molecule has 1 amide bonds. The minimum absolute atomic E-state index is 0.236. The molecule has 4 nitrogen and oxygen atoms in total. The fraction of sp³-hybridized carbons (Fsp3) is 0.500. The predicted octanol–water partition coefficient (Wildman–Crippen LogP) is 0.948. The highest BCUT2D eigenvalue weighted by Crippen LogP contribution is 2.17. The molecule has 1 fully saturated rings. The van der Waals surface area contributed by atoms with E-state index in [0.29, 0.717) is 5.75 Å². The van der Waals surface area contributed by atoms with Gasteiger partial charge in [-0.1, -0.05) is 0 Å². The van der Waals surface area contributed by atoms with Gasteiger partial charge in [0.25, 0.3) is 0 Å². The fourth-order valence-corrected chi connectivity index (χ4v) is 2.51. The lowest BCUT2D eigenvalue weighted by molar-refractivity contribution is -0.129. The van der Waals surface area contributed by atoms with E-state index in [0.717, 1.165) is 31.1 Å². The Kier molecular flexibility index (Phi) is 4.39. The maximum atomic E-state index is 11.9. The van der Waals surface area contributed by atoms with E-state index in [1.54, 1.807) is 24.2 Å². The molecular weight excluding hydrogens is 234 g/mol. The molecule has 1 aliphatic heterocycles. The molecule has 1 aromatic rings. The first-order chi connectivity index (χ1) is 8.25. The van der Waals surface area contributed by atoms with E-state index in [-0.39, 0.29) is 5.91 Å². The number of likely N-dealkylation sites (N-methyl/N-ethyl adjacent to an activating group) is 1. The molecule has 1 aliphatic rings. The average Bonchev–Trinajstić information content (AvgIpc) is 2.38. The van der Waals surface area contributed by atoms with Gasteiger partial charge in [-0.15, -0.1) is 11.8 Å². The molecule has 0 aliphatic carbocycles. The number of thioether (sulfide) groups is 1. The van der Waals surface area contributed by atoms with Gasteiger partial charge in [-0.3, -0.25) is 9.78 Å². The summed E-state index contributed by atoms with van der Waals surface area (Å²) in [6.45, 7) is 3.66. The second-order valence-corrected chi connectivity index (χ2v) is 5.20. The van der Waals surface area contributed by atoms with Crippen LogP contribution in [-0.4, -0.2) is 59.7 Å². The summed E-state index contributed by atoms with van der Waals surface area (Å²) in [5.41, 5.74) is 0. The molecule has 0 spiro atoms. The van der Waals surface area contributed by atoms with Crippen LogP contribution in [0.15, 0.2) is 29.4 Å². The van der Waals surface area contributed by atoms with E-state index < -0.39 is 0 Å². The Morgan fingerprint density at radius 3 is 2.59 bits per heavy atom. The van der Waals surface area contributed by atoms with Crippen molar-refractivity contribution in [2.75, 3.05) is 39.0 Å². The summed E-state index contributed by atoms with van der Waals surface area (Å²) >= 11 is 1.58. The van der Waals surface area contributed by atoms with Crippen molar-refractivity contribution in [1.82, 2.24) is 14.8 Å². The Bertz CT molecular complexity index is 363. The molecule has 1 saturated heterocycles. The van der Waals surface area contributed by atoms with Crippen LogP contribution in [0.4, 0.5) is 0 Å². The summed E-state index contributed by atoms with van der Waals surface area (Å²) in [7, 11) is 2.09. The normalized spacial score (nSPS) is 17.1. The number of pyridine rings is 1. The van der Waals surface area contributed by atoms with Crippen LogP contribution < -0.4 is 0 Å². The van der Waals surface area contributed by atoms with Gasteiger partial charge in [0.2, 0.25) is 5.91 Å². The molecule has 0 radical (unpaired) electrons. The van der Waals surface area contributed by atoms with Crippen molar-refractivity contribution in [3.05, 3.63) is 24.5 Å². The number of nitrogens with zero attached hydrogens (tertiary/aromatic N) is 3. The quantitative estimate of drug-likeness (QED) is 0.749. The molecule has 0 saturated carbocycles. The smallest absolute Gasteiger partial charge is 0.233 e. The molecule has 0 unspecified atom stereocenters. The third-order valence-corrected chi connectivity index (χ3v) is 3.86. The van der Waals surface area contributed by atoms with Gasteiger partial charge in [0.15, 0.2) is 0 Å². The molecule has 2 rings (SSSR count). The molecule has 1 aromatic heterocycles. The Morgan fingerprint density at radius 1 is 1.29 bits per heavy atom. The van der Waals surface area contributed by atoms with Crippen molar-refractivity contribution < 1.29 is 4.79 Å². The van der Waals surface area contributed by atoms with Crippen LogP contribution in [-0.2, 0) is 4.79 Å². The van der Waals surface area contributed by atoms with E-state index in [4.69, 9.17) is 0 Å². The van der Waals surface area contributed by atoms with Crippen molar-refractivity contribution in [3.63, 3.8) is 0 Å². The van der Waals surface area contributed by atoms with Crippen molar-refractivity contribution >= 4 is 17.7 Å². The van der Waals surface area contributed by atoms with Gasteiger partial charge in [-0.2, -0.15) is 0 Å². The van der Waals surface area contributed by atoms with E-state index in [2.05, 4.69) is 16.9 Å². The average molecular weight is 251 g/mol. The second kappa shape index (κ2) is 6.02. The van der Waals surface area contributed by atoms with Crippen molar-refractivity contribution in [3.8, 4) is 0 Å². The van der Waals surface area contributed by atoms with Gasteiger partial charge in [0.05, 0.1) is 5.75 Å². The first kappa shape index (κ1) is 12.4. The predicted molar refractivity (Wildman–Crippen MR) is 69.0 cm³/mol. The summed E-state index contributed by atoms with van der Waals surface area (Å²) in [6.07, 6.45) is 3.51. The molecule has 5 heteroatoms. The lowest BCUT2D eigenvalue weighted by Gasteiger charge is -2.32. The Hall–Kier alpha value is -1.07. The number of hydrogen-bond donors (Lipinski definition) is 0.